The molecule has 1 aliphatic rings. The molecule has 0 bridgehead atoms. The first-order chi connectivity index (χ1) is 10.9. The van der Waals surface area contributed by atoms with E-state index in [1.165, 1.54) is 12.3 Å². The van der Waals surface area contributed by atoms with Crippen LogP contribution in [0.4, 0.5) is 4.39 Å². The second-order valence-corrected chi connectivity index (χ2v) is 5.75. The summed E-state index contributed by atoms with van der Waals surface area (Å²) in [5.74, 6) is -2.54. The first kappa shape index (κ1) is 15.5. The van der Waals surface area contributed by atoms with Crippen molar-refractivity contribution in [3.8, 4) is 0 Å². The summed E-state index contributed by atoms with van der Waals surface area (Å²) in [7, 11) is 0. The van der Waals surface area contributed by atoms with Gasteiger partial charge in [-0.2, -0.15) is 0 Å². The number of H-pyrrole nitrogens is 1. The standard InChI is InChI=1S/C15H12ClFN2O4/c16-9-5-11-7(4-10(9)17)13(20)8(6-18-11)14(21)19-3-1-2-12(19)15(22)23/h4-6,12H,1-3H2,(H,18,20)(H,22,23)/t12-/m1/s1. The average molecular weight is 339 g/mol. The zero-order valence-corrected chi connectivity index (χ0v) is 12.6. The second-order valence-electron chi connectivity index (χ2n) is 5.34. The third kappa shape index (κ3) is 2.57. The van der Waals surface area contributed by atoms with Crippen molar-refractivity contribution in [2.75, 3.05) is 6.54 Å². The Morgan fingerprint density at radius 1 is 1.39 bits per heavy atom. The normalized spacial score (nSPS) is 17.7. The number of aromatic amines is 1. The van der Waals surface area contributed by atoms with Gasteiger partial charge in [-0.25, -0.2) is 9.18 Å². The van der Waals surface area contributed by atoms with Crippen molar-refractivity contribution in [1.82, 2.24) is 9.88 Å². The molecule has 0 spiro atoms. The van der Waals surface area contributed by atoms with Crippen LogP contribution in [0.5, 0.6) is 0 Å². The maximum absolute atomic E-state index is 13.6. The van der Waals surface area contributed by atoms with Crippen LogP contribution in [0.1, 0.15) is 23.2 Å². The van der Waals surface area contributed by atoms with Gasteiger partial charge in [0, 0.05) is 18.1 Å². The number of carboxylic acids is 1. The number of hydrogen-bond acceptors (Lipinski definition) is 3. The van der Waals surface area contributed by atoms with Gasteiger partial charge in [0.25, 0.3) is 5.91 Å². The number of hydrogen-bond donors (Lipinski definition) is 2. The summed E-state index contributed by atoms with van der Waals surface area (Å²) in [6, 6.07) is 1.28. The van der Waals surface area contributed by atoms with Gasteiger partial charge < -0.3 is 15.0 Å². The molecule has 1 aromatic heterocycles. The average Bonchev–Trinajstić information content (AvgIpc) is 2.99. The minimum absolute atomic E-state index is 0.0104. The van der Waals surface area contributed by atoms with Crippen molar-refractivity contribution >= 4 is 34.4 Å². The van der Waals surface area contributed by atoms with E-state index in [1.807, 2.05) is 0 Å². The van der Waals surface area contributed by atoms with Crippen LogP contribution in [0.15, 0.2) is 23.1 Å². The van der Waals surface area contributed by atoms with Gasteiger partial charge in [-0.15, -0.1) is 0 Å². The van der Waals surface area contributed by atoms with Crippen LogP contribution >= 0.6 is 11.6 Å². The molecular formula is C15H12ClFN2O4. The molecule has 0 radical (unpaired) electrons. The van der Waals surface area contributed by atoms with E-state index in [0.29, 0.717) is 18.4 Å². The van der Waals surface area contributed by atoms with E-state index in [0.717, 1.165) is 11.0 Å². The fraction of sp³-hybridized carbons (Fsp3) is 0.267. The van der Waals surface area contributed by atoms with Crippen molar-refractivity contribution in [3.63, 3.8) is 0 Å². The highest BCUT2D eigenvalue weighted by atomic mass is 35.5. The number of fused-ring (bicyclic) bond motifs is 1. The maximum atomic E-state index is 13.6. The molecule has 2 N–H and O–H groups in total. The lowest BCUT2D eigenvalue weighted by molar-refractivity contribution is -0.141. The molecular weight excluding hydrogens is 327 g/mol. The number of nitrogens with one attached hydrogen (secondary N) is 1. The van der Waals surface area contributed by atoms with Crippen LogP contribution in [-0.2, 0) is 4.79 Å². The Morgan fingerprint density at radius 2 is 2.13 bits per heavy atom. The van der Waals surface area contributed by atoms with Crippen molar-refractivity contribution in [1.29, 1.82) is 0 Å². The number of carboxylic acid groups (broad SMARTS) is 1. The Kier molecular flexibility index (Phi) is 3.81. The third-order valence-electron chi connectivity index (χ3n) is 3.95. The van der Waals surface area contributed by atoms with Gasteiger partial charge in [-0.1, -0.05) is 11.6 Å². The van der Waals surface area contributed by atoms with Gasteiger partial charge in [-0.05, 0) is 25.0 Å². The summed E-state index contributed by atoms with van der Waals surface area (Å²) in [6.07, 6.45) is 2.10. The number of rotatable bonds is 2. The van der Waals surface area contributed by atoms with Crippen LogP contribution in [-0.4, -0.2) is 39.5 Å². The number of benzene rings is 1. The van der Waals surface area contributed by atoms with Gasteiger partial charge in [0.1, 0.15) is 17.4 Å². The number of carbonyl (C=O) groups is 2. The minimum atomic E-state index is -1.11. The quantitative estimate of drug-likeness (QED) is 0.876. The van der Waals surface area contributed by atoms with Crippen molar-refractivity contribution in [2.45, 2.75) is 18.9 Å². The Bertz CT molecular complexity index is 880. The lowest BCUT2D eigenvalue weighted by Crippen LogP contribution is -2.42. The number of amides is 1. The van der Waals surface area contributed by atoms with Gasteiger partial charge >= 0.3 is 5.97 Å². The molecule has 1 fully saturated rings. The topological polar surface area (TPSA) is 90.5 Å². The molecule has 1 aromatic carbocycles. The largest absolute Gasteiger partial charge is 0.480 e. The van der Waals surface area contributed by atoms with Crippen LogP contribution in [0.25, 0.3) is 10.9 Å². The highest BCUT2D eigenvalue weighted by molar-refractivity contribution is 6.31. The lowest BCUT2D eigenvalue weighted by atomic mass is 10.1. The summed E-state index contributed by atoms with van der Waals surface area (Å²) < 4.78 is 13.6. The zero-order valence-electron chi connectivity index (χ0n) is 11.8. The SMILES string of the molecule is O=C(O)[C@H]1CCCN1C(=O)c1c[nH]c2cc(Cl)c(F)cc2c1=O. The Hall–Kier alpha value is -2.41. The van der Waals surface area contributed by atoms with E-state index < -0.39 is 29.2 Å². The van der Waals surface area contributed by atoms with Crippen molar-refractivity contribution < 1.29 is 19.1 Å². The number of nitrogens with zero attached hydrogens (tertiary/aromatic N) is 1. The molecule has 1 saturated heterocycles. The summed E-state index contributed by atoms with van der Waals surface area (Å²) in [5, 5.41) is 8.99. The molecule has 6 nitrogen and oxygen atoms in total. The summed E-state index contributed by atoms with van der Waals surface area (Å²) in [4.78, 5) is 40.0. The second kappa shape index (κ2) is 5.66. The predicted octanol–water partition coefficient (Wildman–Crippen LogP) is 2.01. The van der Waals surface area contributed by atoms with Crippen molar-refractivity contribution in [2.24, 2.45) is 0 Å². The van der Waals surface area contributed by atoms with Gasteiger partial charge in [0.05, 0.1) is 10.5 Å². The first-order valence-electron chi connectivity index (χ1n) is 6.94. The summed E-state index contributed by atoms with van der Waals surface area (Å²) in [5.41, 5.74) is -0.572. The molecule has 120 valence electrons. The van der Waals surface area contributed by atoms with Crippen LogP contribution < -0.4 is 5.43 Å². The monoisotopic (exact) mass is 338 g/mol. The Morgan fingerprint density at radius 3 is 2.83 bits per heavy atom. The molecule has 8 heteroatoms. The molecule has 1 amide bonds. The fourth-order valence-electron chi connectivity index (χ4n) is 2.79. The number of pyridine rings is 1. The fourth-order valence-corrected chi connectivity index (χ4v) is 2.96. The molecule has 3 rings (SSSR count). The van der Waals surface area contributed by atoms with Crippen LogP contribution in [0, 0.1) is 5.82 Å². The van der Waals surface area contributed by atoms with E-state index >= 15 is 0 Å². The van der Waals surface area contributed by atoms with E-state index in [2.05, 4.69) is 4.98 Å². The van der Waals surface area contributed by atoms with E-state index in [1.54, 1.807) is 0 Å². The molecule has 2 aromatic rings. The highest BCUT2D eigenvalue weighted by Crippen LogP contribution is 2.22. The number of likely N-dealkylation sites (tertiary alicyclic amines) is 1. The zero-order chi connectivity index (χ0) is 16.7. The van der Waals surface area contributed by atoms with E-state index in [9.17, 15) is 18.8 Å². The predicted molar refractivity (Wildman–Crippen MR) is 81.2 cm³/mol. The molecule has 0 aliphatic carbocycles. The molecule has 0 unspecified atom stereocenters. The Labute approximate surface area is 134 Å². The molecule has 2 heterocycles. The van der Waals surface area contributed by atoms with Crippen molar-refractivity contribution in [3.05, 3.63) is 45.0 Å². The lowest BCUT2D eigenvalue weighted by Gasteiger charge is -2.21. The number of aliphatic carboxylic acids is 1. The Balaban J connectivity index is 2.08. The van der Waals surface area contributed by atoms with Crippen LogP contribution in [0.2, 0.25) is 5.02 Å². The molecule has 0 saturated carbocycles. The number of halogens is 2. The van der Waals surface area contributed by atoms with Crippen LogP contribution in [0.3, 0.4) is 0 Å². The maximum Gasteiger partial charge on any atom is 0.326 e. The molecule has 1 aliphatic heterocycles. The number of carbonyl (C=O) groups excluding carboxylic acids is 1. The minimum Gasteiger partial charge on any atom is -0.480 e. The van der Waals surface area contributed by atoms with E-state index in [-0.39, 0.29) is 22.5 Å². The number of aromatic nitrogens is 1. The van der Waals surface area contributed by atoms with E-state index in [4.69, 9.17) is 16.7 Å². The molecule has 23 heavy (non-hydrogen) atoms. The van der Waals surface area contributed by atoms with Gasteiger partial charge in [-0.3, -0.25) is 9.59 Å². The van der Waals surface area contributed by atoms with Gasteiger partial charge in [0.2, 0.25) is 5.43 Å². The van der Waals surface area contributed by atoms with Gasteiger partial charge in [0.15, 0.2) is 0 Å². The smallest absolute Gasteiger partial charge is 0.326 e. The summed E-state index contributed by atoms with van der Waals surface area (Å²) >= 11 is 5.66. The first-order valence-corrected chi connectivity index (χ1v) is 7.32. The highest BCUT2D eigenvalue weighted by Gasteiger charge is 2.35. The third-order valence-corrected chi connectivity index (χ3v) is 4.24. The summed E-state index contributed by atoms with van der Waals surface area (Å²) in [6.45, 7) is 0.266. The molecule has 1 atom stereocenters.